The van der Waals surface area contributed by atoms with E-state index in [2.05, 4.69) is 24.4 Å². The molecule has 1 N–H and O–H groups in total. The molecule has 1 aromatic carbocycles. The normalized spacial score (nSPS) is 30.6. The third-order valence-corrected chi connectivity index (χ3v) is 6.44. The first-order chi connectivity index (χ1) is 11.9. The van der Waals surface area contributed by atoms with Gasteiger partial charge < -0.3 is 15.0 Å². The van der Waals surface area contributed by atoms with Gasteiger partial charge >= 0.3 is 6.09 Å². The number of ether oxygens (including phenoxy) is 1. The van der Waals surface area contributed by atoms with Gasteiger partial charge in [-0.3, -0.25) is 4.79 Å². The number of carbonyl (C=O) groups is 2. The second-order valence-electron chi connectivity index (χ2n) is 7.98. The second-order valence-corrected chi connectivity index (χ2v) is 8.42. The van der Waals surface area contributed by atoms with Crippen molar-refractivity contribution in [3.05, 3.63) is 34.9 Å². The van der Waals surface area contributed by atoms with Gasteiger partial charge in [0.2, 0.25) is 5.91 Å². The smallest absolute Gasteiger partial charge is 0.407 e. The highest BCUT2D eigenvalue weighted by Crippen LogP contribution is 2.43. The Bertz CT molecular complexity index is 689. The van der Waals surface area contributed by atoms with Crippen LogP contribution in [0.5, 0.6) is 0 Å². The number of likely N-dealkylation sites (tertiary alicyclic amines) is 1. The minimum atomic E-state index is -0.359. The molecule has 2 aliphatic heterocycles. The molecular formula is C19H23ClN2O3. The molecular weight excluding hydrogens is 340 g/mol. The number of nitrogens with one attached hydrogen (secondary N) is 1. The van der Waals surface area contributed by atoms with Crippen LogP contribution in [0.15, 0.2) is 24.3 Å². The van der Waals surface area contributed by atoms with Crippen LogP contribution >= 0.6 is 11.6 Å². The molecule has 1 aliphatic carbocycles. The molecule has 25 heavy (non-hydrogen) atoms. The van der Waals surface area contributed by atoms with Crippen LogP contribution in [0.25, 0.3) is 0 Å². The molecule has 0 unspecified atom stereocenters. The number of hydrogen-bond acceptors (Lipinski definition) is 3. The molecule has 1 aromatic rings. The first kappa shape index (κ1) is 16.7. The van der Waals surface area contributed by atoms with Crippen molar-refractivity contribution in [3.8, 4) is 0 Å². The third-order valence-electron chi connectivity index (χ3n) is 6.19. The van der Waals surface area contributed by atoms with Crippen LogP contribution in [0.3, 0.4) is 0 Å². The van der Waals surface area contributed by atoms with Gasteiger partial charge in [-0.25, -0.2) is 4.79 Å². The summed E-state index contributed by atoms with van der Waals surface area (Å²) in [5.74, 6) is 0.242. The third kappa shape index (κ3) is 2.99. The fourth-order valence-electron chi connectivity index (χ4n) is 4.39. The van der Waals surface area contributed by atoms with E-state index in [9.17, 15) is 9.59 Å². The lowest BCUT2D eigenvalue weighted by molar-refractivity contribution is -0.142. The van der Waals surface area contributed by atoms with Gasteiger partial charge in [-0.15, -0.1) is 0 Å². The van der Waals surface area contributed by atoms with E-state index in [1.807, 2.05) is 17.0 Å². The summed E-state index contributed by atoms with van der Waals surface area (Å²) in [6, 6.07) is 8.06. The summed E-state index contributed by atoms with van der Waals surface area (Å²) < 4.78 is 4.98. The predicted octanol–water partition coefficient (Wildman–Crippen LogP) is 3.11. The Morgan fingerprint density at radius 3 is 2.44 bits per heavy atom. The molecule has 0 bridgehead atoms. The summed E-state index contributed by atoms with van der Waals surface area (Å²) in [6.45, 7) is 4.22. The number of cyclic esters (lactones) is 1. The average molecular weight is 363 g/mol. The van der Waals surface area contributed by atoms with Gasteiger partial charge in [0.1, 0.15) is 6.61 Å². The van der Waals surface area contributed by atoms with Gasteiger partial charge in [0, 0.05) is 24.0 Å². The van der Waals surface area contributed by atoms with Crippen molar-refractivity contribution < 1.29 is 14.3 Å². The van der Waals surface area contributed by atoms with Crippen molar-refractivity contribution in [1.82, 2.24) is 10.2 Å². The van der Waals surface area contributed by atoms with E-state index < -0.39 is 0 Å². The summed E-state index contributed by atoms with van der Waals surface area (Å²) in [4.78, 5) is 26.0. The SMILES string of the molecule is CC1(c2ccc(Cl)cc2)CCN(C(=O)[C@H]2C[C@]3(COC(=O)N3)C2)CC1. The minimum absolute atomic E-state index is 0.0156. The van der Waals surface area contributed by atoms with Crippen molar-refractivity contribution in [2.24, 2.45) is 5.92 Å². The molecule has 1 saturated carbocycles. The zero-order chi connectivity index (χ0) is 17.7. The molecule has 6 heteroatoms. The predicted molar refractivity (Wildman–Crippen MR) is 94.6 cm³/mol. The van der Waals surface area contributed by atoms with Crippen LogP contribution in [0.4, 0.5) is 4.79 Å². The highest BCUT2D eigenvalue weighted by molar-refractivity contribution is 6.30. The highest BCUT2D eigenvalue weighted by Gasteiger charge is 2.53. The van der Waals surface area contributed by atoms with Crippen molar-refractivity contribution in [2.75, 3.05) is 19.7 Å². The summed E-state index contributed by atoms with van der Waals surface area (Å²) in [6.07, 6.45) is 2.95. The molecule has 2 heterocycles. The first-order valence-corrected chi connectivity index (χ1v) is 9.27. The lowest BCUT2D eigenvalue weighted by atomic mass is 9.68. The number of carbonyl (C=O) groups excluding carboxylic acids is 2. The summed E-state index contributed by atoms with van der Waals surface area (Å²) in [7, 11) is 0. The van der Waals surface area contributed by atoms with E-state index in [-0.39, 0.29) is 28.9 Å². The molecule has 1 spiro atoms. The number of rotatable bonds is 2. The molecule has 0 aromatic heterocycles. The van der Waals surface area contributed by atoms with Gasteiger partial charge in [-0.05, 0) is 48.8 Å². The van der Waals surface area contributed by atoms with E-state index in [0.717, 1.165) is 31.0 Å². The van der Waals surface area contributed by atoms with E-state index in [1.54, 1.807) is 0 Å². The van der Waals surface area contributed by atoms with Crippen molar-refractivity contribution in [1.29, 1.82) is 0 Å². The molecule has 3 fully saturated rings. The number of amides is 2. The highest BCUT2D eigenvalue weighted by atomic mass is 35.5. The average Bonchev–Trinajstić information content (AvgIpc) is 2.96. The molecule has 0 atom stereocenters. The molecule has 5 nitrogen and oxygen atoms in total. The van der Waals surface area contributed by atoms with Crippen LogP contribution in [0, 0.1) is 5.92 Å². The van der Waals surface area contributed by atoms with E-state index in [1.165, 1.54) is 5.56 Å². The first-order valence-electron chi connectivity index (χ1n) is 8.89. The topological polar surface area (TPSA) is 58.6 Å². The second kappa shape index (κ2) is 5.90. The van der Waals surface area contributed by atoms with Crippen LogP contribution in [-0.4, -0.2) is 42.1 Å². The van der Waals surface area contributed by atoms with Crippen molar-refractivity contribution >= 4 is 23.6 Å². The van der Waals surface area contributed by atoms with Gasteiger partial charge in [-0.1, -0.05) is 30.7 Å². The van der Waals surface area contributed by atoms with Gasteiger partial charge in [0.05, 0.1) is 5.54 Å². The van der Waals surface area contributed by atoms with Gasteiger partial charge in [0.25, 0.3) is 0 Å². The zero-order valence-corrected chi connectivity index (χ0v) is 15.1. The molecule has 134 valence electrons. The van der Waals surface area contributed by atoms with Crippen molar-refractivity contribution in [2.45, 2.75) is 43.6 Å². The van der Waals surface area contributed by atoms with Crippen LogP contribution in [0.1, 0.15) is 38.2 Å². The number of benzene rings is 1. The summed E-state index contributed by atoms with van der Waals surface area (Å²) in [5, 5.41) is 3.60. The minimum Gasteiger partial charge on any atom is -0.447 e. The summed E-state index contributed by atoms with van der Waals surface area (Å²) >= 11 is 5.99. The lowest BCUT2D eigenvalue weighted by Gasteiger charge is -2.46. The van der Waals surface area contributed by atoms with Gasteiger partial charge in [-0.2, -0.15) is 0 Å². The standard InChI is InChI=1S/C19H23ClN2O3/c1-18(14-2-4-15(20)5-3-14)6-8-22(9-7-18)16(23)13-10-19(11-13)12-25-17(24)21-19/h2-5,13H,6-12H2,1H3,(H,21,24)/t13-,19+. The van der Waals surface area contributed by atoms with E-state index in [0.29, 0.717) is 19.4 Å². The maximum absolute atomic E-state index is 12.7. The number of halogens is 1. The maximum Gasteiger partial charge on any atom is 0.407 e. The quantitative estimate of drug-likeness (QED) is 0.879. The monoisotopic (exact) mass is 362 g/mol. The fourth-order valence-corrected chi connectivity index (χ4v) is 4.52. The Balaban J connectivity index is 1.34. The Hall–Kier alpha value is -1.75. The molecule has 2 saturated heterocycles. The van der Waals surface area contributed by atoms with E-state index in [4.69, 9.17) is 16.3 Å². The molecule has 2 amide bonds. The zero-order valence-electron chi connectivity index (χ0n) is 14.4. The number of alkyl carbamates (subject to hydrolysis) is 1. The Morgan fingerprint density at radius 2 is 1.88 bits per heavy atom. The van der Waals surface area contributed by atoms with E-state index >= 15 is 0 Å². The number of hydrogen-bond donors (Lipinski definition) is 1. The fraction of sp³-hybridized carbons (Fsp3) is 0.579. The Kier molecular flexibility index (Phi) is 3.95. The van der Waals surface area contributed by atoms with Crippen LogP contribution in [-0.2, 0) is 14.9 Å². The Morgan fingerprint density at radius 1 is 1.24 bits per heavy atom. The molecule has 4 rings (SSSR count). The van der Waals surface area contributed by atoms with Gasteiger partial charge in [0.15, 0.2) is 0 Å². The largest absolute Gasteiger partial charge is 0.447 e. The Labute approximate surface area is 152 Å². The van der Waals surface area contributed by atoms with Crippen molar-refractivity contribution in [3.63, 3.8) is 0 Å². The number of piperidine rings is 1. The van der Waals surface area contributed by atoms with Crippen LogP contribution in [0.2, 0.25) is 5.02 Å². The maximum atomic E-state index is 12.7. The molecule has 0 radical (unpaired) electrons. The lowest BCUT2D eigenvalue weighted by Crippen LogP contribution is -2.59. The summed E-state index contributed by atoms with van der Waals surface area (Å²) in [5.41, 5.74) is 1.10. The van der Waals surface area contributed by atoms with Crippen LogP contribution < -0.4 is 5.32 Å². The molecule has 3 aliphatic rings. The number of nitrogens with zero attached hydrogens (tertiary/aromatic N) is 1.